The molecule has 3 rings (SSSR count). The van der Waals surface area contributed by atoms with Gasteiger partial charge in [0.15, 0.2) is 0 Å². The Kier molecular flexibility index (Phi) is 3.19. The van der Waals surface area contributed by atoms with E-state index in [0.717, 1.165) is 18.7 Å². The number of pyridine rings is 1. The maximum atomic E-state index is 5.76. The number of halogens is 1. The number of rotatable bonds is 1. The molecule has 2 atom stereocenters. The smallest absolute Gasteiger partial charge is 0.138 e. The van der Waals surface area contributed by atoms with Crippen LogP contribution in [-0.4, -0.2) is 35.3 Å². The van der Waals surface area contributed by atoms with Gasteiger partial charge >= 0.3 is 0 Å². The van der Waals surface area contributed by atoms with Crippen molar-refractivity contribution in [2.24, 2.45) is 0 Å². The number of anilines is 1. The first kappa shape index (κ1) is 12.2. The zero-order valence-electron chi connectivity index (χ0n) is 10.5. The predicted molar refractivity (Wildman–Crippen MR) is 81.0 cm³/mol. The second kappa shape index (κ2) is 4.70. The number of hydrogen-bond acceptors (Lipinski definition) is 3. The SMILES string of the molecule is C[C@@H]1CN(c2cnc3[nH]cc(I)c3c2)C[C@@H](C)O1. The van der Waals surface area contributed by atoms with E-state index in [1.807, 2.05) is 12.4 Å². The number of ether oxygens (including phenoxy) is 1. The van der Waals surface area contributed by atoms with Gasteiger partial charge in [0.25, 0.3) is 0 Å². The molecule has 0 radical (unpaired) electrons. The molecule has 0 aliphatic carbocycles. The molecule has 96 valence electrons. The fraction of sp³-hybridized carbons (Fsp3) is 0.462. The molecule has 1 aliphatic heterocycles. The number of morpholine rings is 1. The van der Waals surface area contributed by atoms with Crippen LogP contribution in [0.25, 0.3) is 11.0 Å². The van der Waals surface area contributed by atoms with Gasteiger partial charge in [-0.15, -0.1) is 0 Å². The van der Waals surface area contributed by atoms with Gasteiger partial charge in [-0.2, -0.15) is 0 Å². The van der Waals surface area contributed by atoms with E-state index in [0.29, 0.717) is 0 Å². The van der Waals surface area contributed by atoms with Crippen molar-refractivity contribution in [3.63, 3.8) is 0 Å². The van der Waals surface area contributed by atoms with Gasteiger partial charge in [-0.1, -0.05) is 0 Å². The average molecular weight is 357 g/mol. The van der Waals surface area contributed by atoms with E-state index in [2.05, 4.69) is 57.4 Å². The van der Waals surface area contributed by atoms with E-state index >= 15 is 0 Å². The fourth-order valence-electron chi connectivity index (χ4n) is 2.52. The van der Waals surface area contributed by atoms with Crippen LogP contribution in [0.5, 0.6) is 0 Å². The fourth-order valence-corrected chi connectivity index (χ4v) is 3.09. The van der Waals surface area contributed by atoms with Crippen LogP contribution >= 0.6 is 22.6 Å². The molecule has 2 aromatic heterocycles. The summed E-state index contributed by atoms with van der Waals surface area (Å²) >= 11 is 2.33. The first-order chi connectivity index (χ1) is 8.63. The third kappa shape index (κ3) is 2.21. The standard InChI is InChI=1S/C13H16IN3O/c1-8-6-17(7-9(2)18-8)10-3-11-12(14)5-16-13(11)15-4-10/h3-5,8-9H,6-7H2,1-2H3,(H,15,16)/t8-,9-/m1/s1. The molecule has 0 aromatic carbocycles. The number of hydrogen-bond donors (Lipinski definition) is 1. The van der Waals surface area contributed by atoms with Crippen LogP contribution in [0.2, 0.25) is 0 Å². The summed E-state index contributed by atoms with van der Waals surface area (Å²) in [5.41, 5.74) is 2.14. The molecule has 1 fully saturated rings. The first-order valence-electron chi connectivity index (χ1n) is 6.16. The van der Waals surface area contributed by atoms with Gasteiger partial charge in [-0.05, 0) is 42.5 Å². The highest BCUT2D eigenvalue weighted by atomic mass is 127. The molecule has 18 heavy (non-hydrogen) atoms. The van der Waals surface area contributed by atoms with Gasteiger partial charge in [0, 0.05) is 28.2 Å². The van der Waals surface area contributed by atoms with Crippen molar-refractivity contribution in [3.05, 3.63) is 22.0 Å². The van der Waals surface area contributed by atoms with Crippen LogP contribution < -0.4 is 4.90 Å². The molecule has 5 heteroatoms. The molecular formula is C13H16IN3O. The van der Waals surface area contributed by atoms with Crippen molar-refractivity contribution in [2.75, 3.05) is 18.0 Å². The largest absolute Gasteiger partial charge is 0.372 e. The molecule has 0 unspecified atom stereocenters. The minimum atomic E-state index is 0.273. The Hall–Kier alpha value is -0.820. The predicted octanol–water partition coefficient (Wildman–Crippen LogP) is 2.78. The zero-order chi connectivity index (χ0) is 12.7. The van der Waals surface area contributed by atoms with E-state index in [1.54, 1.807) is 0 Å². The summed E-state index contributed by atoms with van der Waals surface area (Å²) in [4.78, 5) is 10.0. The molecule has 1 N–H and O–H groups in total. The summed E-state index contributed by atoms with van der Waals surface area (Å²) < 4.78 is 6.98. The van der Waals surface area contributed by atoms with Crippen molar-refractivity contribution in [2.45, 2.75) is 26.1 Å². The van der Waals surface area contributed by atoms with Gasteiger partial charge in [0.1, 0.15) is 5.65 Å². The molecular weight excluding hydrogens is 341 g/mol. The summed E-state index contributed by atoms with van der Waals surface area (Å²) in [6, 6.07) is 2.21. The third-order valence-corrected chi connectivity index (χ3v) is 4.14. The molecule has 1 aliphatic rings. The molecule has 1 saturated heterocycles. The molecule has 4 nitrogen and oxygen atoms in total. The molecule has 0 saturated carbocycles. The van der Waals surface area contributed by atoms with Gasteiger partial charge in [-0.25, -0.2) is 4.98 Å². The molecule has 0 spiro atoms. The lowest BCUT2D eigenvalue weighted by molar-refractivity contribution is -0.00522. The van der Waals surface area contributed by atoms with Gasteiger partial charge < -0.3 is 14.6 Å². The minimum Gasteiger partial charge on any atom is -0.372 e. The number of aromatic amines is 1. The Labute approximate surface area is 120 Å². The quantitative estimate of drug-likeness (QED) is 0.798. The maximum absolute atomic E-state index is 5.76. The van der Waals surface area contributed by atoms with Gasteiger partial charge in [0.05, 0.1) is 24.1 Å². The van der Waals surface area contributed by atoms with Crippen molar-refractivity contribution in [1.82, 2.24) is 9.97 Å². The summed E-state index contributed by atoms with van der Waals surface area (Å²) in [5.74, 6) is 0. The Morgan fingerprint density at radius 1 is 1.39 bits per heavy atom. The monoisotopic (exact) mass is 357 g/mol. The number of H-pyrrole nitrogens is 1. The molecule has 2 aromatic rings. The van der Waals surface area contributed by atoms with Crippen LogP contribution in [-0.2, 0) is 4.74 Å². The lowest BCUT2D eigenvalue weighted by atomic mass is 10.2. The van der Waals surface area contributed by atoms with Crippen molar-refractivity contribution < 1.29 is 4.74 Å². The lowest BCUT2D eigenvalue weighted by Crippen LogP contribution is -2.45. The van der Waals surface area contributed by atoms with E-state index in [1.165, 1.54) is 14.6 Å². The van der Waals surface area contributed by atoms with Crippen LogP contribution in [0.4, 0.5) is 5.69 Å². The van der Waals surface area contributed by atoms with Gasteiger partial charge in [-0.3, -0.25) is 0 Å². The van der Waals surface area contributed by atoms with E-state index in [-0.39, 0.29) is 12.2 Å². The third-order valence-electron chi connectivity index (χ3n) is 3.25. The van der Waals surface area contributed by atoms with E-state index < -0.39 is 0 Å². The van der Waals surface area contributed by atoms with Gasteiger partial charge in [0.2, 0.25) is 0 Å². The zero-order valence-corrected chi connectivity index (χ0v) is 12.6. The maximum Gasteiger partial charge on any atom is 0.138 e. The second-order valence-corrected chi connectivity index (χ2v) is 6.05. The number of aromatic nitrogens is 2. The lowest BCUT2D eigenvalue weighted by Gasteiger charge is -2.36. The van der Waals surface area contributed by atoms with Crippen molar-refractivity contribution in [1.29, 1.82) is 0 Å². The Morgan fingerprint density at radius 2 is 2.11 bits per heavy atom. The average Bonchev–Trinajstić information content (AvgIpc) is 2.69. The second-order valence-electron chi connectivity index (χ2n) is 4.89. The first-order valence-corrected chi connectivity index (χ1v) is 7.24. The Morgan fingerprint density at radius 3 is 2.83 bits per heavy atom. The van der Waals surface area contributed by atoms with Crippen LogP contribution in [0.3, 0.4) is 0 Å². The highest BCUT2D eigenvalue weighted by Crippen LogP contribution is 2.25. The van der Waals surface area contributed by atoms with E-state index in [9.17, 15) is 0 Å². The van der Waals surface area contributed by atoms with Crippen LogP contribution in [0.15, 0.2) is 18.5 Å². The summed E-state index contributed by atoms with van der Waals surface area (Å²) in [6.45, 7) is 6.10. The minimum absolute atomic E-state index is 0.273. The van der Waals surface area contributed by atoms with E-state index in [4.69, 9.17) is 4.74 Å². The number of fused-ring (bicyclic) bond motifs is 1. The Balaban J connectivity index is 1.95. The highest BCUT2D eigenvalue weighted by molar-refractivity contribution is 14.1. The summed E-state index contributed by atoms with van der Waals surface area (Å²) in [6.07, 6.45) is 4.48. The normalized spacial score (nSPS) is 24.7. The van der Waals surface area contributed by atoms with Crippen molar-refractivity contribution in [3.8, 4) is 0 Å². The van der Waals surface area contributed by atoms with Crippen molar-refractivity contribution >= 4 is 39.3 Å². The summed E-state index contributed by atoms with van der Waals surface area (Å²) in [5, 5.41) is 1.19. The topological polar surface area (TPSA) is 41.2 Å². The Bertz CT molecular complexity index is 558. The summed E-state index contributed by atoms with van der Waals surface area (Å²) in [7, 11) is 0. The molecule has 0 amide bonds. The molecule has 3 heterocycles. The number of nitrogens with one attached hydrogen (secondary N) is 1. The molecule has 0 bridgehead atoms. The van der Waals surface area contributed by atoms with Crippen LogP contribution in [0.1, 0.15) is 13.8 Å². The highest BCUT2D eigenvalue weighted by Gasteiger charge is 2.22. The number of nitrogens with zero attached hydrogens (tertiary/aromatic N) is 2. The van der Waals surface area contributed by atoms with Crippen LogP contribution in [0, 0.1) is 3.57 Å².